The molecule has 2 amide bonds. The zero-order chi connectivity index (χ0) is 14.4. The number of carbonyl (C=O) groups is 2. The zero-order valence-corrected chi connectivity index (χ0v) is 10.7. The fraction of sp³-hybridized carbons (Fsp3) is 0.750. The number of aliphatic carboxylic acids is 1. The molecule has 0 fully saturated rings. The molecule has 1 unspecified atom stereocenters. The maximum absolute atomic E-state index is 11.1. The van der Waals surface area contributed by atoms with Gasteiger partial charge < -0.3 is 20.8 Å². The van der Waals surface area contributed by atoms with Crippen molar-refractivity contribution in [3.8, 4) is 0 Å². The number of nitrogens with two attached hydrogens (primary N) is 1. The summed E-state index contributed by atoms with van der Waals surface area (Å²) in [6.45, 7) is 0.804. The Bertz CT molecular complexity index is 405. The molecule has 0 heterocycles. The third-order valence-electron chi connectivity index (χ3n) is 1.83. The molecule has 9 nitrogen and oxygen atoms in total. The van der Waals surface area contributed by atoms with Gasteiger partial charge in [0.05, 0.1) is 17.8 Å². The number of hydrogen-bond donors (Lipinski definition) is 5. The first-order valence-corrected chi connectivity index (χ1v) is 6.70. The van der Waals surface area contributed by atoms with Crippen molar-refractivity contribution in [1.29, 1.82) is 0 Å². The van der Waals surface area contributed by atoms with Crippen molar-refractivity contribution in [2.24, 2.45) is 5.14 Å². The molecular formula is C8H17N3O6S. The highest BCUT2D eigenvalue weighted by molar-refractivity contribution is 7.89. The van der Waals surface area contributed by atoms with Crippen LogP contribution in [0.1, 0.15) is 13.3 Å². The van der Waals surface area contributed by atoms with E-state index in [-0.39, 0.29) is 13.1 Å². The smallest absolute Gasteiger partial charge is 0.314 e. The summed E-state index contributed by atoms with van der Waals surface area (Å²) in [6.07, 6.45) is -0.523. The number of nitrogens with one attached hydrogen (secondary N) is 2. The average molecular weight is 283 g/mol. The number of aliphatic hydroxyl groups is 1. The van der Waals surface area contributed by atoms with Crippen molar-refractivity contribution in [3.63, 3.8) is 0 Å². The number of carboxylic acid groups (broad SMARTS) is 1. The van der Waals surface area contributed by atoms with E-state index in [4.69, 9.17) is 10.2 Å². The van der Waals surface area contributed by atoms with Gasteiger partial charge >= 0.3 is 12.0 Å². The van der Waals surface area contributed by atoms with Crippen molar-refractivity contribution in [3.05, 3.63) is 0 Å². The predicted molar refractivity (Wildman–Crippen MR) is 62.3 cm³/mol. The molecule has 0 aromatic heterocycles. The van der Waals surface area contributed by atoms with Crippen LogP contribution in [0.4, 0.5) is 4.79 Å². The van der Waals surface area contributed by atoms with Crippen molar-refractivity contribution in [2.45, 2.75) is 18.9 Å². The van der Waals surface area contributed by atoms with E-state index in [1.54, 1.807) is 0 Å². The maximum Gasteiger partial charge on any atom is 0.314 e. The van der Waals surface area contributed by atoms with Gasteiger partial charge in [-0.3, -0.25) is 4.79 Å². The Labute approximate surface area is 104 Å². The van der Waals surface area contributed by atoms with E-state index in [9.17, 15) is 23.1 Å². The van der Waals surface area contributed by atoms with E-state index >= 15 is 0 Å². The summed E-state index contributed by atoms with van der Waals surface area (Å²) in [6, 6.07) is -0.718. The van der Waals surface area contributed by atoms with Gasteiger partial charge in [0.25, 0.3) is 0 Å². The minimum absolute atomic E-state index is 0.175. The first-order chi connectivity index (χ1) is 8.02. The molecule has 0 saturated heterocycles. The van der Waals surface area contributed by atoms with Gasteiger partial charge in [-0.05, 0) is 6.92 Å². The molecule has 6 N–H and O–H groups in total. The molecule has 1 atom stereocenters. The molecule has 0 aliphatic carbocycles. The number of carbonyl (C=O) groups excluding carboxylic acids is 1. The van der Waals surface area contributed by atoms with Crippen LogP contribution in [0.5, 0.6) is 0 Å². The van der Waals surface area contributed by atoms with E-state index < -0.39 is 39.8 Å². The highest BCUT2D eigenvalue weighted by Gasteiger charge is 2.24. The lowest BCUT2D eigenvalue weighted by Gasteiger charge is -2.21. The van der Waals surface area contributed by atoms with E-state index in [0.717, 1.165) is 0 Å². The lowest BCUT2D eigenvalue weighted by Crippen LogP contribution is -2.46. The van der Waals surface area contributed by atoms with Crippen molar-refractivity contribution in [2.75, 3.05) is 18.8 Å². The summed E-state index contributed by atoms with van der Waals surface area (Å²) in [4.78, 5) is 21.5. The van der Waals surface area contributed by atoms with Gasteiger partial charge in [0.1, 0.15) is 0 Å². The second kappa shape index (κ2) is 6.52. The van der Waals surface area contributed by atoms with Gasteiger partial charge in [-0.15, -0.1) is 0 Å². The van der Waals surface area contributed by atoms with Gasteiger partial charge in [0.2, 0.25) is 10.0 Å². The Morgan fingerprint density at radius 2 is 1.89 bits per heavy atom. The molecule has 0 aliphatic heterocycles. The van der Waals surface area contributed by atoms with Crippen LogP contribution in [0.3, 0.4) is 0 Å². The maximum atomic E-state index is 11.1. The number of rotatable bonds is 7. The van der Waals surface area contributed by atoms with Crippen LogP contribution < -0.4 is 15.8 Å². The second-order valence-electron chi connectivity index (χ2n) is 4.04. The molecule has 10 heteroatoms. The molecule has 0 rings (SSSR count). The number of carboxylic acids is 1. The third-order valence-corrected chi connectivity index (χ3v) is 2.61. The summed E-state index contributed by atoms with van der Waals surface area (Å²) in [7, 11) is -3.65. The summed E-state index contributed by atoms with van der Waals surface area (Å²) in [5.41, 5.74) is -1.58. The van der Waals surface area contributed by atoms with Gasteiger partial charge in [0, 0.05) is 13.1 Å². The minimum atomic E-state index is -3.65. The minimum Gasteiger partial charge on any atom is -0.481 e. The molecule has 0 radical (unpaired) electrons. The highest BCUT2D eigenvalue weighted by atomic mass is 32.2. The Morgan fingerprint density at radius 3 is 2.33 bits per heavy atom. The number of amides is 2. The largest absolute Gasteiger partial charge is 0.481 e. The summed E-state index contributed by atoms with van der Waals surface area (Å²) in [5.74, 6) is -1.61. The molecule has 106 valence electrons. The van der Waals surface area contributed by atoms with E-state index in [1.807, 2.05) is 0 Å². The Hall–Kier alpha value is -1.39. The molecule has 0 saturated carbocycles. The standard InChI is InChI=1S/C8H17N3O6S/c1-8(15,4-6(12)13)5-11-7(14)10-2-3-18(9,16)17/h15H,2-5H2,1H3,(H,12,13)(H2,9,16,17)(H2,10,11,14). The van der Waals surface area contributed by atoms with Crippen molar-refractivity contribution >= 4 is 22.0 Å². The quantitative estimate of drug-likeness (QED) is 0.356. The van der Waals surface area contributed by atoms with Gasteiger partial charge in [-0.25, -0.2) is 18.4 Å². The monoisotopic (exact) mass is 283 g/mol. The van der Waals surface area contributed by atoms with Crippen LogP contribution in [0, 0.1) is 0 Å². The Kier molecular flexibility index (Phi) is 6.01. The normalized spacial score (nSPS) is 14.6. The average Bonchev–Trinajstić information content (AvgIpc) is 2.10. The van der Waals surface area contributed by atoms with Crippen LogP contribution >= 0.6 is 0 Å². The molecule has 0 aromatic carbocycles. The molecule has 0 aromatic rings. The Morgan fingerprint density at radius 1 is 1.33 bits per heavy atom. The predicted octanol–water partition coefficient (Wildman–Crippen LogP) is -2.20. The fourth-order valence-electron chi connectivity index (χ4n) is 1.03. The van der Waals surface area contributed by atoms with Gasteiger partial charge in [0.15, 0.2) is 0 Å². The summed E-state index contributed by atoms with van der Waals surface area (Å²) < 4.78 is 21.1. The van der Waals surface area contributed by atoms with Crippen LogP contribution in [-0.2, 0) is 14.8 Å². The molecule has 18 heavy (non-hydrogen) atoms. The summed E-state index contributed by atoms with van der Waals surface area (Å²) in [5, 5.41) is 27.2. The van der Waals surface area contributed by atoms with Crippen LogP contribution in [0.2, 0.25) is 0 Å². The number of primary sulfonamides is 1. The van der Waals surface area contributed by atoms with Crippen molar-refractivity contribution < 1.29 is 28.2 Å². The van der Waals surface area contributed by atoms with Gasteiger partial charge in [-0.1, -0.05) is 0 Å². The second-order valence-corrected chi connectivity index (χ2v) is 5.78. The topological polar surface area (TPSA) is 159 Å². The van der Waals surface area contributed by atoms with E-state index in [2.05, 4.69) is 10.6 Å². The fourth-order valence-corrected chi connectivity index (χ4v) is 1.41. The lowest BCUT2D eigenvalue weighted by molar-refractivity contribution is -0.141. The first-order valence-electron chi connectivity index (χ1n) is 4.98. The van der Waals surface area contributed by atoms with Crippen LogP contribution in [0.15, 0.2) is 0 Å². The van der Waals surface area contributed by atoms with Crippen LogP contribution in [0.25, 0.3) is 0 Å². The number of urea groups is 1. The lowest BCUT2D eigenvalue weighted by atomic mass is 10.0. The summed E-state index contributed by atoms with van der Waals surface area (Å²) >= 11 is 0. The zero-order valence-electron chi connectivity index (χ0n) is 9.84. The molecule has 0 aliphatic rings. The first kappa shape index (κ1) is 16.6. The van der Waals surface area contributed by atoms with Crippen molar-refractivity contribution in [1.82, 2.24) is 10.6 Å². The Balaban J connectivity index is 3.93. The third kappa shape index (κ3) is 9.81. The molecule has 0 bridgehead atoms. The van der Waals surface area contributed by atoms with Crippen LogP contribution in [-0.4, -0.2) is 55.1 Å². The number of sulfonamides is 1. The highest BCUT2D eigenvalue weighted by Crippen LogP contribution is 2.06. The SMILES string of the molecule is CC(O)(CNC(=O)NCCS(N)(=O)=O)CC(=O)O. The molecular weight excluding hydrogens is 266 g/mol. The molecule has 0 spiro atoms. The van der Waals surface area contributed by atoms with Gasteiger partial charge in [-0.2, -0.15) is 0 Å². The van der Waals surface area contributed by atoms with E-state index in [0.29, 0.717) is 0 Å². The number of hydrogen-bond acceptors (Lipinski definition) is 5. The van der Waals surface area contributed by atoms with E-state index in [1.165, 1.54) is 6.92 Å².